The molecule has 5 nitrogen and oxygen atoms in total. The molecule has 2 aliphatic heterocycles. The Morgan fingerprint density at radius 3 is 2.91 bits per heavy atom. The zero-order chi connectivity index (χ0) is 16.2. The van der Waals surface area contributed by atoms with Gasteiger partial charge in [0.05, 0.1) is 17.7 Å². The lowest BCUT2D eigenvalue weighted by Gasteiger charge is -2.30. The van der Waals surface area contributed by atoms with Gasteiger partial charge in [0.15, 0.2) is 0 Å². The maximum atomic E-state index is 12.8. The van der Waals surface area contributed by atoms with Crippen molar-refractivity contribution in [2.75, 3.05) is 24.7 Å². The van der Waals surface area contributed by atoms with Gasteiger partial charge in [0.25, 0.3) is 0 Å². The molecule has 1 aromatic heterocycles. The zero-order valence-electron chi connectivity index (χ0n) is 13.6. The van der Waals surface area contributed by atoms with Crippen LogP contribution in [0.25, 0.3) is 0 Å². The van der Waals surface area contributed by atoms with Crippen molar-refractivity contribution < 1.29 is 14.0 Å². The molecule has 0 aromatic carbocycles. The number of carbonyl (C=O) groups excluding carboxylic acids is 2. The summed E-state index contributed by atoms with van der Waals surface area (Å²) in [5.41, 5.74) is 0. The summed E-state index contributed by atoms with van der Waals surface area (Å²) in [4.78, 5) is 28.2. The van der Waals surface area contributed by atoms with Crippen molar-refractivity contribution in [3.05, 3.63) is 23.7 Å². The molecule has 2 amide bonds. The highest BCUT2D eigenvalue weighted by molar-refractivity contribution is 8.00. The first-order valence-corrected chi connectivity index (χ1v) is 9.58. The molecule has 0 bridgehead atoms. The number of aryl methyl sites for hydroxylation is 1. The Morgan fingerprint density at radius 2 is 2.22 bits per heavy atom. The lowest BCUT2D eigenvalue weighted by Crippen LogP contribution is -2.42. The Bertz CT molecular complexity index is 572. The molecule has 0 N–H and O–H groups in total. The highest BCUT2D eigenvalue weighted by Gasteiger charge is 2.31. The van der Waals surface area contributed by atoms with Crippen LogP contribution in [0.15, 0.2) is 16.5 Å². The third kappa shape index (κ3) is 3.74. The van der Waals surface area contributed by atoms with E-state index in [0.717, 1.165) is 50.2 Å². The molecular formula is C17H24N2O3S. The Balaban J connectivity index is 1.75. The van der Waals surface area contributed by atoms with Crippen molar-refractivity contribution in [1.29, 1.82) is 0 Å². The van der Waals surface area contributed by atoms with Gasteiger partial charge in [0, 0.05) is 13.0 Å². The van der Waals surface area contributed by atoms with E-state index >= 15 is 0 Å². The van der Waals surface area contributed by atoms with Crippen molar-refractivity contribution in [3.63, 3.8) is 0 Å². The molecule has 2 aliphatic rings. The number of thioether (sulfide) groups is 1. The molecule has 23 heavy (non-hydrogen) atoms. The molecule has 1 unspecified atom stereocenters. The van der Waals surface area contributed by atoms with E-state index in [1.807, 2.05) is 17.0 Å². The summed E-state index contributed by atoms with van der Waals surface area (Å²) in [6, 6.07) is 4.02. The Hall–Kier alpha value is -1.43. The highest BCUT2D eigenvalue weighted by Crippen LogP contribution is 2.32. The molecule has 126 valence electrons. The second-order valence-electron chi connectivity index (χ2n) is 6.18. The SMILES string of the molecule is CCc1ccc(C2CCCCCN2C(=O)CN2CSCC2=O)o1. The third-order valence-electron chi connectivity index (χ3n) is 4.58. The van der Waals surface area contributed by atoms with E-state index in [0.29, 0.717) is 11.6 Å². The maximum Gasteiger partial charge on any atom is 0.242 e. The minimum Gasteiger partial charge on any atom is -0.464 e. The minimum absolute atomic E-state index is 0.00987. The van der Waals surface area contributed by atoms with E-state index in [1.165, 1.54) is 0 Å². The lowest BCUT2D eigenvalue weighted by atomic mass is 10.1. The summed E-state index contributed by atoms with van der Waals surface area (Å²) in [6.45, 7) is 3.01. The van der Waals surface area contributed by atoms with Crippen LogP contribution in [-0.2, 0) is 16.0 Å². The van der Waals surface area contributed by atoms with Crippen LogP contribution in [0.2, 0.25) is 0 Å². The minimum atomic E-state index is 0.00987. The Kier molecular flexibility index (Phi) is 5.30. The number of carbonyl (C=O) groups is 2. The van der Waals surface area contributed by atoms with Crippen LogP contribution in [0.4, 0.5) is 0 Å². The standard InChI is InChI=1S/C17H24N2O3S/c1-2-13-7-8-15(22-13)14-6-4-3-5-9-19(14)16(20)10-18-12-23-11-17(18)21/h7-8,14H,2-6,9-12H2,1H3. The van der Waals surface area contributed by atoms with Gasteiger partial charge in [-0.05, 0) is 25.0 Å². The van der Waals surface area contributed by atoms with E-state index < -0.39 is 0 Å². The molecule has 2 saturated heterocycles. The van der Waals surface area contributed by atoms with Gasteiger partial charge < -0.3 is 14.2 Å². The number of amides is 2. The molecule has 3 heterocycles. The summed E-state index contributed by atoms with van der Waals surface area (Å²) < 4.78 is 5.92. The van der Waals surface area contributed by atoms with Gasteiger partial charge in [-0.1, -0.05) is 19.8 Å². The number of nitrogens with zero attached hydrogens (tertiary/aromatic N) is 2. The molecule has 2 fully saturated rings. The van der Waals surface area contributed by atoms with Crippen molar-refractivity contribution in [2.24, 2.45) is 0 Å². The number of likely N-dealkylation sites (tertiary alicyclic amines) is 1. The molecule has 1 aromatic rings. The van der Waals surface area contributed by atoms with Gasteiger partial charge in [-0.25, -0.2) is 0 Å². The first-order chi connectivity index (χ1) is 11.2. The van der Waals surface area contributed by atoms with Crippen LogP contribution < -0.4 is 0 Å². The molecule has 1 atom stereocenters. The smallest absolute Gasteiger partial charge is 0.242 e. The van der Waals surface area contributed by atoms with Crippen LogP contribution in [0.5, 0.6) is 0 Å². The lowest BCUT2D eigenvalue weighted by molar-refractivity contribution is -0.140. The topological polar surface area (TPSA) is 53.8 Å². The fraction of sp³-hybridized carbons (Fsp3) is 0.647. The number of hydrogen-bond acceptors (Lipinski definition) is 4. The first kappa shape index (κ1) is 16.4. The second-order valence-corrected chi connectivity index (χ2v) is 7.13. The average Bonchev–Trinajstić information content (AvgIpc) is 3.10. The maximum absolute atomic E-state index is 12.8. The molecule has 0 spiro atoms. The fourth-order valence-corrected chi connectivity index (χ4v) is 4.16. The molecule has 0 aliphatic carbocycles. The number of hydrogen-bond donors (Lipinski definition) is 0. The van der Waals surface area contributed by atoms with Crippen LogP contribution in [0.1, 0.15) is 50.2 Å². The number of furan rings is 1. The summed E-state index contributed by atoms with van der Waals surface area (Å²) in [7, 11) is 0. The van der Waals surface area contributed by atoms with Gasteiger partial charge in [-0.3, -0.25) is 9.59 Å². The predicted molar refractivity (Wildman–Crippen MR) is 90.0 cm³/mol. The second kappa shape index (κ2) is 7.43. The predicted octanol–water partition coefficient (Wildman–Crippen LogP) is 2.82. The molecule has 3 rings (SSSR count). The van der Waals surface area contributed by atoms with E-state index in [9.17, 15) is 9.59 Å². The van der Waals surface area contributed by atoms with Crippen LogP contribution in [0.3, 0.4) is 0 Å². The highest BCUT2D eigenvalue weighted by atomic mass is 32.2. The monoisotopic (exact) mass is 336 g/mol. The fourth-order valence-electron chi connectivity index (χ4n) is 3.26. The normalized spacial score (nSPS) is 22.5. The van der Waals surface area contributed by atoms with Crippen LogP contribution in [-0.4, -0.2) is 46.3 Å². The third-order valence-corrected chi connectivity index (χ3v) is 5.53. The van der Waals surface area contributed by atoms with Gasteiger partial charge in [0.2, 0.25) is 11.8 Å². The summed E-state index contributed by atoms with van der Waals surface area (Å²) in [6.07, 6.45) is 5.06. The van der Waals surface area contributed by atoms with Crippen LogP contribution in [0, 0.1) is 0 Å². The Labute approximate surface area is 141 Å². The molecule has 0 saturated carbocycles. The summed E-state index contributed by atoms with van der Waals surface area (Å²) in [5, 5.41) is 0. The van der Waals surface area contributed by atoms with Crippen molar-refractivity contribution in [2.45, 2.75) is 45.1 Å². The first-order valence-electron chi connectivity index (χ1n) is 8.42. The molecule has 0 radical (unpaired) electrons. The van der Waals surface area contributed by atoms with E-state index in [2.05, 4.69) is 6.92 Å². The van der Waals surface area contributed by atoms with Gasteiger partial charge >= 0.3 is 0 Å². The van der Waals surface area contributed by atoms with E-state index in [-0.39, 0.29) is 24.4 Å². The summed E-state index contributed by atoms with van der Waals surface area (Å²) in [5.74, 6) is 3.09. The van der Waals surface area contributed by atoms with Gasteiger partial charge in [-0.15, -0.1) is 11.8 Å². The van der Waals surface area contributed by atoms with Crippen LogP contribution >= 0.6 is 11.8 Å². The quantitative estimate of drug-likeness (QED) is 0.848. The van der Waals surface area contributed by atoms with Gasteiger partial charge in [-0.2, -0.15) is 0 Å². The molecule has 6 heteroatoms. The zero-order valence-corrected chi connectivity index (χ0v) is 14.4. The van der Waals surface area contributed by atoms with Crippen molar-refractivity contribution >= 4 is 23.6 Å². The number of rotatable bonds is 4. The van der Waals surface area contributed by atoms with Gasteiger partial charge in [0.1, 0.15) is 18.1 Å². The summed E-state index contributed by atoms with van der Waals surface area (Å²) >= 11 is 1.57. The van der Waals surface area contributed by atoms with Crippen molar-refractivity contribution in [1.82, 2.24) is 9.80 Å². The van der Waals surface area contributed by atoms with E-state index in [4.69, 9.17) is 4.42 Å². The average molecular weight is 336 g/mol. The Morgan fingerprint density at radius 1 is 1.35 bits per heavy atom. The largest absolute Gasteiger partial charge is 0.464 e. The van der Waals surface area contributed by atoms with E-state index in [1.54, 1.807) is 16.7 Å². The molecular weight excluding hydrogens is 312 g/mol. The van der Waals surface area contributed by atoms with Crippen molar-refractivity contribution in [3.8, 4) is 0 Å².